The van der Waals surface area contributed by atoms with Gasteiger partial charge >= 0.3 is 0 Å². The Morgan fingerprint density at radius 1 is 1.19 bits per heavy atom. The first-order valence-corrected chi connectivity index (χ1v) is 12.9. The Morgan fingerprint density at radius 2 is 2.06 bits per heavy atom. The second kappa shape index (κ2) is 9.88. The van der Waals surface area contributed by atoms with Crippen LogP contribution in [-0.2, 0) is 16.1 Å². The molecule has 2 N–H and O–H groups in total. The summed E-state index contributed by atoms with van der Waals surface area (Å²) in [5.41, 5.74) is 4.62. The quantitative estimate of drug-likeness (QED) is 0.420. The van der Waals surface area contributed by atoms with Crippen LogP contribution in [0.5, 0.6) is 0 Å². The van der Waals surface area contributed by atoms with Gasteiger partial charge in [0, 0.05) is 49.4 Å². The maximum Gasteiger partial charge on any atom is 0.240 e. The summed E-state index contributed by atoms with van der Waals surface area (Å²) < 4.78 is 7.56. The summed E-state index contributed by atoms with van der Waals surface area (Å²) in [7, 11) is 0. The lowest BCUT2D eigenvalue weighted by Gasteiger charge is -2.25. The molecular formula is C26H27N7O2S. The number of aliphatic imine (C=N–C) groups is 1. The van der Waals surface area contributed by atoms with Crippen LogP contribution in [0.3, 0.4) is 0 Å². The van der Waals surface area contributed by atoms with Crippen molar-refractivity contribution >= 4 is 34.2 Å². The smallest absolute Gasteiger partial charge is 0.240 e. The number of aromatic nitrogens is 4. The molecule has 0 saturated carbocycles. The number of rotatable bonds is 6. The molecule has 0 aliphatic carbocycles. The van der Waals surface area contributed by atoms with Gasteiger partial charge in [0.2, 0.25) is 11.7 Å². The number of H-pyrrole nitrogens is 1. The van der Waals surface area contributed by atoms with Crippen LogP contribution < -0.4 is 5.32 Å². The molecule has 1 amide bonds. The lowest BCUT2D eigenvalue weighted by atomic mass is 10.1. The minimum Gasteiger partial charge on any atom is -0.379 e. The summed E-state index contributed by atoms with van der Waals surface area (Å²) in [6.07, 6.45) is 7.48. The number of amides is 1. The van der Waals surface area contributed by atoms with Crippen molar-refractivity contribution in [3.05, 3.63) is 72.4 Å². The van der Waals surface area contributed by atoms with Gasteiger partial charge < -0.3 is 15.0 Å². The average molecular weight is 502 g/mol. The number of carbonyl (C=O) groups is 1. The summed E-state index contributed by atoms with van der Waals surface area (Å²) in [6.45, 7) is 6.16. The molecule has 184 valence electrons. The van der Waals surface area contributed by atoms with Gasteiger partial charge in [-0.05, 0) is 25.1 Å². The molecule has 2 unspecified atom stereocenters. The van der Waals surface area contributed by atoms with Crippen molar-refractivity contribution < 1.29 is 9.53 Å². The zero-order chi connectivity index (χ0) is 24.5. The van der Waals surface area contributed by atoms with E-state index in [1.807, 2.05) is 49.5 Å². The zero-order valence-electron chi connectivity index (χ0n) is 19.9. The van der Waals surface area contributed by atoms with Crippen LogP contribution >= 0.6 is 11.8 Å². The molecule has 3 aromatic heterocycles. The topological polar surface area (TPSA) is 99.9 Å². The van der Waals surface area contributed by atoms with Gasteiger partial charge in [-0.25, -0.2) is 4.98 Å². The summed E-state index contributed by atoms with van der Waals surface area (Å²) in [4.78, 5) is 32.6. The molecule has 1 saturated heterocycles. The van der Waals surface area contributed by atoms with Gasteiger partial charge in [0.05, 0.1) is 42.5 Å². The van der Waals surface area contributed by atoms with E-state index in [0.717, 1.165) is 71.9 Å². The van der Waals surface area contributed by atoms with Gasteiger partial charge in [-0.3, -0.25) is 24.1 Å². The highest BCUT2D eigenvalue weighted by Gasteiger charge is 2.34. The number of morpholine rings is 1. The van der Waals surface area contributed by atoms with E-state index in [4.69, 9.17) is 9.73 Å². The number of thioether (sulfide) groups is 1. The lowest BCUT2D eigenvalue weighted by molar-refractivity contribution is -0.115. The summed E-state index contributed by atoms with van der Waals surface area (Å²) in [5, 5.41) is 3.69. The van der Waals surface area contributed by atoms with E-state index in [-0.39, 0.29) is 17.2 Å². The Bertz CT molecular complexity index is 1410. The van der Waals surface area contributed by atoms with Crippen LogP contribution in [0.25, 0.3) is 17.0 Å². The Hall–Kier alpha value is -3.47. The highest BCUT2D eigenvalue weighted by Crippen LogP contribution is 2.33. The number of hydrogen-bond acceptors (Lipinski definition) is 7. The van der Waals surface area contributed by atoms with E-state index in [1.54, 1.807) is 12.4 Å². The molecule has 1 fully saturated rings. The third-order valence-corrected chi connectivity index (χ3v) is 7.93. The maximum absolute atomic E-state index is 13.3. The number of carbonyl (C=O) groups excluding carboxylic acids is 1. The molecule has 1 aromatic carbocycles. The van der Waals surface area contributed by atoms with Crippen molar-refractivity contribution in [1.29, 1.82) is 0 Å². The molecule has 2 aliphatic rings. The molecule has 36 heavy (non-hydrogen) atoms. The molecule has 10 heteroatoms. The fraction of sp³-hybridized carbons (Fsp3) is 0.308. The van der Waals surface area contributed by atoms with Gasteiger partial charge in [0.15, 0.2) is 0 Å². The molecule has 2 atom stereocenters. The summed E-state index contributed by atoms with van der Waals surface area (Å²) >= 11 is 1.49. The van der Waals surface area contributed by atoms with E-state index in [2.05, 4.69) is 35.8 Å². The molecular weight excluding hydrogens is 474 g/mol. The van der Waals surface area contributed by atoms with Crippen molar-refractivity contribution in [2.75, 3.05) is 31.6 Å². The summed E-state index contributed by atoms with van der Waals surface area (Å²) in [6, 6.07) is 11.6. The first kappa shape index (κ1) is 23.0. The van der Waals surface area contributed by atoms with Gasteiger partial charge in [0.1, 0.15) is 10.3 Å². The van der Waals surface area contributed by atoms with Crippen LogP contribution in [0.15, 0.2) is 66.2 Å². The SMILES string of the molecule is CC1N=C(c2cccnc2)SC1C(=O)Nc1ccccc1-c1cn2c(CN3CCOCC3)cnc2[nH]1. The van der Waals surface area contributed by atoms with Crippen molar-refractivity contribution in [3.8, 4) is 11.3 Å². The van der Waals surface area contributed by atoms with Crippen molar-refractivity contribution in [2.24, 2.45) is 4.99 Å². The molecule has 5 heterocycles. The highest BCUT2D eigenvalue weighted by molar-refractivity contribution is 8.15. The number of nitrogens with one attached hydrogen (secondary N) is 2. The number of benzene rings is 1. The number of imidazole rings is 2. The number of hydrogen-bond donors (Lipinski definition) is 2. The normalized spacial score (nSPS) is 20.5. The van der Waals surface area contributed by atoms with E-state index < -0.39 is 0 Å². The fourth-order valence-corrected chi connectivity index (χ4v) is 5.74. The number of fused-ring (bicyclic) bond motifs is 1. The van der Waals surface area contributed by atoms with Crippen LogP contribution in [0.4, 0.5) is 5.69 Å². The number of ether oxygens (including phenoxy) is 1. The number of nitrogens with zero attached hydrogens (tertiary/aromatic N) is 5. The predicted molar refractivity (Wildman–Crippen MR) is 141 cm³/mol. The number of para-hydroxylation sites is 1. The third kappa shape index (κ3) is 4.55. The Morgan fingerprint density at radius 3 is 2.89 bits per heavy atom. The minimum atomic E-state index is -0.311. The number of anilines is 1. The van der Waals surface area contributed by atoms with Crippen LogP contribution in [0.2, 0.25) is 0 Å². The second-order valence-corrected chi connectivity index (χ2v) is 10.1. The second-order valence-electron chi connectivity index (χ2n) is 8.99. The average Bonchev–Trinajstić information content (AvgIpc) is 3.61. The van der Waals surface area contributed by atoms with Crippen molar-refractivity contribution in [2.45, 2.75) is 24.8 Å². The Balaban J connectivity index is 1.21. The maximum atomic E-state index is 13.3. The van der Waals surface area contributed by atoms with E-state index >= 15 is 0 Å². The van der Waals surface area contributed by atoms with Crippen LogP contribution in [0.1, 0.15) is 18.2 Å². The molecule has 0 radical (unpaired) electrons. The molecule has 4 aromatic rings. The largest absolute Gasteiger partial charge is 0.379 e. The zero-order valence-corrected chi connectivity index (χ0v) is 20.7. The van der Waals surface area contributed by atoms with Gasteiger partial charge in [-0.1, -0.05) is 30.0 Å². The van der Waals surface area contributed by atoms with E-state index in [1.165, 1.54) is 11.8 Å². The molecule has 9 nitrogen and oxygen atoms in total. The third-order valence-electron chi connectivity index (χ3n) is 6.51. The van der Waals surface area contributed by atoms with Gasteiger partial charge in [-0.2, -0.15) is 0 Å². The van der Waals surface area contributed by atoms with Crippen molar-refractivity contribution in [1.82, 2.24) is 24.3 Å². The van der Waals surface area contributed by atoms with E-state index in [9.17, 15) is 4.79 Å². The first-order valence-electron chi connectivity index (χ1n) is 12.1. The molecule has 0 bridgehead atoms. The number of pyridine rings is 1. The monoisotopic (exact) mass is 501 g/mol. The van der Waals surface area contributed by atoms with Crippen LogP contribution in [-0.4, -0.2) is 72.8 Å². The predicted octanol–water partition coefficient (Wildman–Crippen LogP) is 3.45. The lowest BCUT2D eigenvalue weighted by Crippen LogP contribution is -2.35. The van der Waals surface area contributed by atoms with Crippen molar-refractivity contribution in [3.63, 3.8) is 0 Å². The first-order chi connectivity index (χ1) is 17.7. The van der Waals surface area contributed by atoms with Gasteiger partial charge in [-0.15, -0.1) is 0 Å². The Labute approximate surface area is 213 Å². The van der Waals surface area contributed by atoms with Gasteiger partial charge in [0.25, 0.3) is 0 Å². The fourth-order valence-electron chi connectivity index (χ4n) is 4.59. The number of aromatic amines is 1. The highest BCUT2D eigenvalue weighted by atomic mass is 32.2. The Kier molecular flexibility index (Phi) is 6.30. The molecule has 0 spiro atoms. The molecule has 2 aliphatic heterocycles. The van der Waals surface area contributed by atoms with E-state index in [0.29, 0.717) is 0 Å². The van der Waals surface area contributed by atoms with Crippen LogP contribution in [0, 0.1) is 0 Å². The molecule has 6 rings (SSSR count). The standard InChI is InChI=1S/C26H27N7O2S/c1-17-23(36-25(29-17)18-5-4-8-27-13-18)24(34)30-21-7-3-2-6-20(21)22-16-33-19(14-28-26(33)31-22)15-32-9-11-35-12-10-32/h2-8,13-14,16-17,23H,9-12,15H2,1H3,(H,28,31)(H,30,34). The minimum absolute atomic E-state index is 0.0630. The summed E-state index contributed by atoms with van der Waals surface area (Å²) in [5.74, 6) is 0.718.